The average Bonchev–Trinajstić information content (AvgIpc) is 3.17. The molecule has 1 amide bonds. The van der Waals surface area contributed by atoms with Crippen molar-refractivity contribution in [3.05, 3.63) is 93.9 Å². The van der Waals surface area contributed by atoms with Crippen LogP contribution < -0.4 is 10.7 Å². The minimum atomic E-state index is -0.462. The number of carbonyl (C=O) groups excluding carboxylic acids is 1. The molecule has 0 saturated heterocycles. The van der Waals surface area contributed by atoms with E-state index in [0.29, 0.717) is 32.1 Å². The van der Waals surface area contributed by atoms with E-state index in [-0.39, 0.29) is 22.4 Å². The van der Waals surface area contributed by atoms with Crippen LogP contribution in [0.3, 0.4) is 0 Å². The lowest BCUT2D eigenvalue weighted by Gasteiger charge is -2.10. The molecule has 0 aliphatic carbocycles. The number of hydrogen-bond acceptors (Lipinski definition) is 5. The second kappa shape index (κ2) is 7.45. The summed E-state index contributed by atoms with van der Waals surface area (Å²) >= 11 is 1.17. The minimum absolute atomic E-state index is 0.190. The van der Waals surface area contributed by atoms with E-state index in [1.54, 1.807) is 31.2 Å². The molecule has 0 unspecified atom stereocenters. The van der Waals surface area contributed by atoms with E-state index < -0.39 is 5.91 Å². The van der Waals surface area contributed by atoms with Gasteiger partial charge < -0.3 is 4.42 Å². The van der Waals surface area contributed by atoms with Gasteiger partial charge in [-0.15, -0.1) is 0 Å². The molecule has 5 rings (SSSR count). The first-order chi connectivity index (χ1) is 15.0. The van der Waals surface area contributed by atoms with Crippen LogP contribution in [-0.4, -0.2) is 10.9 Å². The summed E-state index contributed by atoms with van der Waals surface area (Å²) in [4.78, 5) is 30.3. The van der Waals surface area contributed by atoms with E-state index in [0.717, 1.165) is 5.56 Å². The topological polar surface area (TPSA) is 72.2 Å². The summed E-state index contributed by atoms with van der Waals surface area (Å²) in [5.41, 5.74) is 2.06. The van der Waals surface area contributed by atoms with Gasteiger partial charge in [-0.25, -0.2) is 9.37 Å². The fraction of sp³-hybridized carbons (Fsp3) is 0.0417. The summed E-state index contributed by atoms with van der Waals surface area (Å²) < 4.78 is 20.2. The molecule has 0 aliphatic rings. The van der Waals surface area contributed by atoms with Crippen molar-refractivity contribution >= 4 is 43.6 Å². The molecule has 0 radical (unpaired) electrons. The van der Waals surface area contributed by atoms with Gasteiger partial charge in [0, 0.05) is 11.1 Å². The molecular weight excluding hydrogens is 415 g/mol. The zero-order valence-electron chi connectivity index (χ0n) is 16.3. The number of nitrogens with one attached hydrogen (secondary N) is 1. The number of rotatable bonds is 3. The van der Waals surface area contributed by atoms with Gasteiger partial charge in [0.1, 0.15) is 11.6 Å². The molecule has 0 atom stereocenters. The van der Waals surface area contributed by atoms with E-state index in [2.05, 4.69) is 10.3 Å². The van der Waals surface area contributed by atoms with Gasteiger partial charge in [0.25, 0.3) is 5.91 Å². The molecule has 7 heteroatoms. The van der Waals surface area contributed by atoms with Crippen LogP contribution in [0.1, 0.15) is 15.9 Å². The summed E-state index contributed by atoms with van der Waals surface area (Å²) in [6.07, 6.45) is 0. The van der Waals surface area contributed by atoms with Gasteiger partial charge in [-0.3, -0.25) is 14.9 Å². The van der Waals surface area contributed by atoms with Crippen molar-refractivity contribution in [3.63, 3.8) is 0 Å². The molecule has 3 aromatic carbocycles. The zero-order chi connectivity index (χ0) is 21.5. The second-order valence-corrected chi connectivity index (χ2v) is 8.05. The molecule has 0 spiro atoms. The second-order valence-electron chi connectivity index (χ2n) is 7.02. The zero-order valence-corrected chi connectivity index (χ0v) is 17.1. The average molecular weight is 430 g/mol. The Kier molecular flexibility index (Phi) is 4.60. The molecule has 2 heterocycles. The molecule has 5 nitrogen and oxygen atoms in total. The molecule has 2 aromatic heterocycles. The van der Waals surface area contributed by atoms with Crippen molar-refractivity contribution in [3.8, 4) is 11.3 Å². The maximum absolute atomic E-state index is 13.4. The normalized spacial score (nSPS) is 11.2. The van der Waals surface area contributed by atoms with E-state index >= 15 is 0 Å². The van der Waals surface area contributed by atoms with Crippen molar-refractivity contribution in [1.82, 2.24) is 4.98 Å². The van der Waals surface area contributed by atoms with Crippen LogP contribution in [0.25, 0.3) is 32.5 Å². The van der Waals surface area contributed by atoms with Crippen LogP contribution in [0.4, 0.5) is 9.52 Å². The van der Waals surface area contributed by atoms with Crippen molar-refractivity contribution in [1.29, 1.82) is 0 Å². The highest BCUT2D eigenvalue weighted by molar-refractivity contribution is 7.22. The molecule has 0 bridgehead atoms. The number of amides is 1. The van der Waals surface area contributed by atoms with Crippen molar-refractivity contribution < 1.29 is 13.6 Å². The highest BCUT2D eigenvalue weighted by Gasteiger charge is 2.19. The Morgan fingerprint density at radius 1 is 1.06 bits per heavy atom. The lowest BCUT2D eigenvalue weighted by atomic mass is 10.0. The fourth-order valence-electron chi connectivity index (χ4n) is 3.47. The van der Waals surface area contributed by atoms with Gasteiger partial charge >= 0.3 is 0 Å². The van der Waals surface area contributed by atoms with Gasteiger partial charge in [0.2, 0.25) is 0 Å². The predicted molar refractivity (Wildman–Crippen MR) is 120 cm³/mol. The van der Waals surface area contributed by atoms with Crippen LogP contribution in [-0.2, 0) is 0 Å². The summed E-state index contributed by atoms with van der Waals surface area (Å²) in [6, 6.07) is 18.4. The highest BCUT2D eigenvalue weighted by Crippen LogP contribution is 2.29. The number of aromatic nitrogens is 1. The Morgan fingerprint density at radius 3 is 2.68 bits per heavy atom. The molecule has 0 saturated carbocycles. The Hall–Kier alpha value is -3.84. The number of nitrogens with zero attached hydrogens (tertiary/aromatic N) is 1. The lowest BCUT2D eigenvalue weighted by Crippen LogP contribution is -2.14. The monoisotopic (exact) mass is 430 g/mol. The summed E-state index contributed by atoms with van der Waals surface area (Å²) in [6.45, 7) is 1.71. The molecule has 1 N–H and O–H groups in total. The summed E-state index contributed by atoms with van der Waals surface area (Å²) in [5.74, 6) is -0.404. The molecule has 5 aromatic rings. The smallest absolute Gasteiger partial charge is 0.261 e. The first-order valence-corrected chi connectivity index (χ1v) is 10.3. The SMILES string of the molecule is Cc1c(-c2ccccc2)oc2c(C(=O)Nc3nc4ccc(F)cc4s3)cccc2c1=O. The van der Waals surface area contributed by atoms with Crippen molar-refractivity contribution in [2.45, 2.75) is 6.92 Å². The maximum atomic E-state index is 13.4. The fourth-order valence-corrected chi connectivity index (χ4v) is 4.36. The standard InChI is InChI=1S/C24H15FN2O3S/c1-13-20(28)16-8-5-9-17(22(16)30-21(13)14-6-3-2-4-7-14)23(29)27-24-26-18-11-10-15(25)12-19(18)31-24/h2-12H,1H3,(H,26,27,29). The van der Waals surface area contributed by atoms with E-state index in [4.69, 9.17) is 4.42 Å². The third-order valence-corrected chi connectivity index (χ3v) is 5.93. The van der Waals surface area contributed by atoms with Gasteiger partial charge in [-0.2, -0.15) is 0 Å². The number of benzene rings is 3. The number of halogens is 1. The van der Waals surface area contributed by atoms with Gasteiger partial charge in [-0.05, 0) is 37.3 Å². The number of para-hydroxylation sites is 1. The first-order valence-electron chi connectivity index (χ1n) is 9.50. The Labute approximate surface area is 179 Å². The van der Waals surface area contributed by atoms with Crippen LogP contribution in [0.15, 0.2) is 75.9 Å². The van der Waals surface area contributed by atoms with Gasteiger partial charge in [-0.1, -0.05) is 47.7 Å². The van der Waals surface area contributed by atoms with Crippen LogP contribution in [0, 0.1) is 12.7 Å². The van der Waals surface area contributed by atoms with Crippen LogP contribution >= 0.6 is 11.3 Å². The Balaban J connectivity index is 1.61. The number of hydrogen-bond donors (Lipinski definition) is 1. The summed E-state index contributed by atoms with van der Waals surface area (Å²) in [7, 11) is 0. The molecule has 0 fully saturated rings. The Bertz CT molecular complexity index is 1520. The summed E-state index contributed by atoms with van der Waals surface area (Å²) in [5, 5.41) is 3.40. The number of fused-ring (bicyclic) bond motifs is 2. The first kappa shape index (κ1) is 19.1. The number of carbonyl (C=O) groups is 1. The largest absolute Gasteiger partial charge is 0.455 e. The van der Waals surface area contributed by atoms with E-state index in [1.807, 2.05) is 30.3 Å². The van der Waals surface area contributed by atoms with E-state index in [9.17, 15) is 14.0 Å². The molecule has 152 valence electrons. The third-order valence-electron chi connectivity index (χ3n) is 5.00. The maximum Gasteiger partial charge on any atom is 0.261 e. The molecule has 31 heavy (non-hydrogen) atoms. The van der Waals surface area contributed by atoms with Crippen molar-refractivity contribution in [2.75, 3.05) is 5.32 Å². The predicted octanol–water partition coefficient (Wildman–Crippen LogP) is 5.77. The van der Waals surface area contributed by atoms with Gasteiger partial charge in [0.05, 0.1) is 21.2 Å². The van der Waals surface area contributed by atoms with Crippen molar-refractivity contribution in [2.24, 2.45) is 0 Å². The Morgan fingerprint density at radius 2 is 1.87 bits per heavy atom. The lowest BCUT2D eigenvalue weighted by molar-refractivity contribution is 0.102. The quantitative estimate of drug-likeness (QED) is 0.394. The van der Waals surface area contributed by atoms with E-state index in [1.165, 1.54) is 23.5 Å². The van der Waals surface area contributed by atoms with Crippen LogP contribution in [0.2, 0.25) is 0 Å². The molecule has 0 aliphatic heterocycles. The van der Waals surface area contributed by atoms with Crippen LogP contribution in [0.5, 0.6) is 0 Å². The third kappa shape index (κ3) is 3.39. The van der Waals surface area contributed by atoms with Gasteiger partial charge in [0.15, 0.2) is 16.1 Å². The number of thiazole rings is 1. The molecular formula is C24H15FN2O3S. The minimum Gasteiger partial charge on any atom is -0.455 e. The highest BCUT2D eigenvalue weighted by atomic mass is 32.1. The number of anilines is 1.